The Morgan fingerprint density at radius 3 is 2.21 bits per heavy atom. The molecular formula is C15H24F2N2. The maximum Gasteiger partial charge on any atom is 0.285 e. The molecule has 2 nitrogen and oxygen atoms in total. The van der Waals surface area contributed by atoms with Gasteiger partial charge in [-0.15, -0.1) is 0 Å². The van der Waals surface area contributed by atoms with E-state index in [-0.39, 0.29) is 18.2 Å². The van der Waals surface area contributed by atoms with Crippen molar-refractivity contribution >= 4 is 0 Å². The summed E-state index contributed by atoms with van der Waals surface area (Å²) in [5.74, 6) is -2.83. The molecule has 0 amide bonds. The van der Waals surface area contributed by atoms with Crippen LogP contribution in [0.2, 0.25) is 0 Å². The van der Waals surface area contributed by atoms with Crippen molar-refractivity contribution in [1.29, 1.82) is 0 Å². The summed E-state index contributed by atoms with van der Waals surface area (Å²) >= 11 is 0. The molecule has 4 heteroatoms. The Labute approximate surface area is 114 Å². The van der Waals surface area contributed by atoms with Crippen molar-refractivity contribution in [2.24, 2.45) is 5.73 Å². The first-order chi connectivity index (χ1) is 9.05. The van der Waals surface area contributed by atoms with Crippen LogP contribution >= 0.6 is 0 Å². The summed E-state index contributed by atoms with van der Waals surface area (Å²) < 4.78 is 28.6. The predicted octanol–water partition coefficient (Wildman–Crippen LogP) is 3.23. The van der Waals surface area contributed by atoms with Crippen LogP contribution in [0.5, 0.6) is 0 Å². The van der Waals surface area contributed by atoms with Crippen LogP contribution in [-0.4, -0.2) is 30.6 Å². The first-order valence-electron chi connectivity index (χ1n) is 6.92. The van der Waals surface area contributed by atoms with Crippen LogP contribution in [0.25, 0.3) is 0 Å². The van der Waals surface area contributed by atoms with E-state index < -0.39 is 5.92 Å². The lowest BCUT2D eigenvalue weighted by Crippen LogP contribution is -2.44. The third-order valence-electron chi connectivity index (χ3n) is 3.47. The number of nitrogens with zero attached hydrogens (tertiary/aromatic N) is 1. The molecule has 0 spiro atoms. The van der Waals surface area contributed by atoms with Gasteiger partial charge in [0.15, 0.2) is 0 Å². The van der Waals surface area contributed by atoms with Gasteiger partial charge in [-0.3, -0.25) is 4.90 Å². The molecule has 0 aliphatic rings. The molecule has 19 heavy (non-hydrogen) atoms. The quantitative estimate of drug-likeness (QED) is 0.786. The summed E-state index contributed by atoms with van der Waals surface area (Å²) in [4.78, 5) is 1.81. The minimum Gasteiger partial charge on any atom is -0.329 e. The molecule has 0 aliphatic heterocycles. The van der Waals surface area contributed by atoms with Gasteiger partial charge >= 0.3 is 0 Å². The Bertz CT molecular complexity index is 350. The lowest BCUT2D eigenvalue weighted by Gasteiger charge is -2.33. The molecular weight excluding hydrogens is 246 g/mol. The van der Waals surface area contributed by atoms with Gasteiger partial charge in [-0.05, 0) is 12.8 Å². The maximum absolute atomic E-state index is 14.3. The fourth-order valence-corrected chi connectivity index (χ4v) is 2.39. The third-order valence-corrected chi connectivity index (χ3v) is 3.47. The van der Waals surface area contributed by atoms with Crippen molar-refractivity contribution in [1.82, 2.24) is 4.90 Å². The maximum atomic E-state index is 14.3. The average Bonchev–Trinajstić information content (AvgIpc) is 2.41. The van der Waals surface area contributed by atoms with Crippen molar-refractivity contribution in [3.05, 3.63) is 35.9 Å². The predicted molar refractivity (Wildman–Crippen MR) is 75.3 cm³/mol. The van der Waals surface area contributed by atoms with Gasteiger partial charge in [-0.2, -0.15) is 8.78 Å². The highest BCUT2D eigenvalue weighted by molar-refractivity contribution is 5.20. The summed E-state index contributed by atoms with van der Waals surface area (Å²) in [6, 6.07) is 8.17. The van der Waals surface area contributed by atoms with E-state index in [9.17, 15) is 8.78 Å². The molecule has 1 rings (SSSR count). The standard InChI is InChI=1S/C15H24F2N2/c1-3-14(4-2)19(11-10-18)12-15(16,17)13-8-6-5-7-9-13/h5-9,14H,3-4,10-12,18H2,1-2H3. The number of alkyl halides is 2. The lowest BCUT2D eigenvalue weighted by molar-refractivity contribution is -0.0481. The lowest BCUT2D eigenvalue weighted by atomic mass is 10.1. The number of halogens is 2. The number of benzene rings is 1. The van der Waals surface area contributed by atoms with Crippen molar-refractivity contribution in [3.8, 4) is 0 Å². The van der Waals surface area contributed by atoms with E-state index in [2.05, 4.69) is 0 Å². The van der Waals surface area contributed by atoms with Crippen LogP contribution in [0, 0.1) is 0 Å². The van der Waals surface area contributed by atoms with Gasteiger partial charge in [0, 0.05) is 24.7 Å². The van der Waals surface area contributed by atoms with Gasteiger partial charge in [0.25, 0.3) is 5.92 Å². The summed E-state index contributed by atoms with van der Waals surface area (Å²) in [5, 5.41) is 0. The second-order valence-corrected chi connectivity index (χ2v) is 4.80. The molecule has 0 aliphatic carbocycles. The zero-order chi connectivity index (χ0) is 14.3. The smallest absolute Gasteiger partial charge is 0.285 e. The average molecular weight is 270 g/mol. The minimum atomic E-state index is -2.83. The summed E-state index contributed by atoms with van der Waals surface area (Å²) in [5.41, 5.74) is 5.62. The summed E-state index contributed by atoms with van der Waals surface area (Å²) in [6.07, 6.45) is 1.72. The second-order valence-electron chi connectivity index (χ2n) is 4.80. The van der Waals surface area contributed by atoms with E-state index >= 15 is 0 Å². The van der Waals surface area contributed by atoms with Crippen LogP contribution in [0.15, 0.2) is 30.3 Å². The fourth-order valence-electron chi connectivity index (χ4n) is 2.39. The van der Waals surface area contributed by atoms with Gasteiger partial charge < -0.3 is 5.73 Å². The topological polar surface area (TPSA) is 29.3 Å². The third kappa shape index (κ3) is 4.55. The molecule has 0 bridgehead atoms. The van der Waals surface area contributed by atoms with Crippen LogP contribution in [-0.2, 0) is 5.92 Å². The van der Waals surface area contributed by atoms with Gasteiger partial charge in [0.05, 0.1) is 6.54 Å². The molecule has 0 fully saturated rings. The molecule has 1 aromatic carbocycles. The zero-order valence-corrected chi connectivity index (χ0v) is 11.8. The first-order valence-corrected chi connectivity index (χ1v) is 6.92. The van der Waals surface area contributed by atoms with Crippen LogP contribution in [0.3, 0.4) is 0 Å². The zero-order valence-electron chi connectivity index (χ0n) is 11.8. The summed E-state index contributed by atoms with van der Waals surface area (Å²) in [7, 11) is 0. The molecule has 1 aromatic rings. The molecule has 0 heterocycles. The molecule has 2 N–H and O–H groups in total. The molecule has 0 aromatic heterocycles. The van der Waals surface area contributed by atoms with E-state index in [1.165, 1.54) is 12.1 Å². The van der Waals surface area contributed by atoms with Crippen molar-refractivity contribution in [3.63, 3.8) is 0 Å². The molecule has 108 valence electrons. The van der Waals surface area contributed by atoms with Crippen LogP contribution in [0.1, 0.15) is 32.3 Å². The van der Waals surface area contributed by atoms with E-state index in [1.807, 2.05) is 18.7 Å². The monoisotopic (exact) mass is 270 g/mol. The molecule has 0 radical (unpaired) electrons. The second kappa shape index (κ2) is 7.56. The van der Waals surface area contributed by atoms with E-state index in [0.717, 1.165) is 12.8 Å². The Balaban J connectivity index is 2.82. The molecule has 0 atom stereocenters. The Morgan fingerprint density at radius 2 is 1.74 bits per heavy atom. The van der Waals surface area contributed by atoms with Crippen molar-refractivity contribution in [2.75, 3.05) is 19.6 Å². The SMILES string of the molecule is CCC(CC)N(CCN)CC(F)(F)c1ccccc1. The van der Waals surface area contributed by atoms with Crippen molar-refractivity contribution < 1.29 is 8.78 Å². The Morgan fingerprint density at radius 1 is 1.16 bits per heavy atom. The number of hydrogen-bond donors (Lipinski definition) is 1. The normalized spacial score (nSPS) is 12.4. The number of hydrogen-bond acceptors (Lipinski definition) is 2. The summed E-state index contributed by atoms with van der Waals surface area (Å²) in [6.45, 7) is 4.70. The highest BCUT2D eigenvalue weighted by Gasteiger charge is 2.35. The first kappa shape index (κ1) is 16.1. The largest absolute Gasteiger partial charge is 0.329 e. The van der Waals surface area contributed by atoms with Gasteiger partial charge in [0.1, 0.15) is 0 Å². The minimum absolute atomic E-state index is 0.0722. The van der Waals surface area contributed by atoms with Crippen LogP contribution in [0.4, 0.5) is 8.78 Å². The molecule has 0 unspecified atom stereocenters. The van der Waals surface area contributed by atoms with Gasteiger partial charge in [-0.25, -0.2) is 0 Å². The van der Waals surface area contributed by atoms with Crippen LogP contribution < -0.4 is 5.73 Å². The highest BCUT2D eigenvalue weighted by Crippen LogP contribution is 2.29. The highest BCUT2D eigenvalue weighted by atomic mass is 19.3. The van der Waals surface area contributed by atoms with E-state index in [4.69, 9.17) is 5.73 Å². The van der Waals surface area contributed by atoms with Gasteiger partial charge in [-0.1, -0.05) is 44.2 Å². The number of rotatable bonds is 8. The van der Waals surface area contributed by atoms with Gasteiger partial charge in [0.2, 0.25) is 0 Å². The van der Waals surface area contributed by atoms with E-state index in [1.54, 1.807) is 18.2 Å². The Hall–Kier alpha value is -1.00. The molecule has 0 saturated carbocycles. The van der Waals surface area contributed by atoms with Crippen molar-refractivity contribution in [2.45, 2.75) is 38.7 Å². The molecule has 0 saturated heterocycles. The van der Waals surface area contributed by atoms with E-state index in [0.29, 0.717) is 13.1 Å². The Kier molecular flexibility index (Phi) is 6.38. The number of nitrogens with two attached hydrogens (primary N) is 1. The fraction of sp³-hybridized carbons (Fsp3) is 0.600.